The molecule has 0 saturated heterocycles. The van der Waals surface area contributed by atoms with Crippen LogP contribution in [-0.4, -0.2) is 17.0 Å². The topological polar surface area (TPSA) is 37.8 Å². The number of hydrogen-bond acceptors (Lipinski definition) is 3. The Morgan fingerprint density at radius 1 is 1.24 bits per heavy atom. The van der Waals surface area contributed by atoms with Gasteiger partial charge < -0.3 is 5.32 Å². The van der Waals surface area contributed by atoms with Crippen LogP contribution in [0.5, 0.6) is 0 Å². The number of hydrogen-bond donors (Lipinski definition) is 1. The first-order valence-electron chi connectivity index (χ1n) is 5.09. The van der Waals surface area contributed by atoms with E-state index in [4.69, 9.17) is 11.6 Å². The predicted octanol–water partition coefficient (Wildman–Crippen LogP) is 3.91. The van der Waals surface area contributed by atoms with E-state index in [9.17, 15) is 0 Å². The summed E-state index contributed by atoms with van der Waals surface area (Å²) in [5.74, 6) is 1.42. The lowest BCUT2D eigenvalue weighted by Crippen LogP contribution is -1.98. The van der Waals surface area contributed by atoms with E-state index in [0.717, 1.165) is 21.5 Å². The second-order valence-corrected chi connectivity index (χ2v) is 4.92. The molecule has 0 radical (unpaired) electrons. The van der Waals surface area contributed by atoms with Gasteiger partial charge in [-0.25, -0.2) is 9.97 Å². The highest BCUT2D eigenvalue weighted by molar-refractivity contribution is 9.10. The first-order valence-corrected chi connectivity index (χ1v) is 6.26. The van der Waals surface area contributed by atoms with Crippen LogP contribution in [0.2, 0.25) is 5.02 Å². The molecule has 1 aromatic heterocycles. The minimum absolute atomic E-state index is 0.631. The fraction of sp³-hybridized carbons (Fsp3) is 0.167. The molecule has 0 aliphatic heterocycles. The summed E-state index contributed by atoms with van der Waals surface area (Å²) in [4.78, 5) is 8.78. The standard InChI is InChI=1S/C12H11BrClN3/c1-7-5-11(15-2)17-12(16-7)9-4-3-8(13)6-10(9)14/h3-6H,1-2H3,(H,15,16,17). The summed E-state index contributed by atoms with van der Waals surface area (Å²) in [5.41, 5.74) is 1.73. The third-order valence-electron chi connectivity index (χ3n) is 2.28. The van der Waals surface area contributed by atoms with E-state index < -0.39 is 0 Å². The van der Waals surface area contributed by atoms with Crippen LogP contribution in [0.25, 0.3) is 11.4 Å². The molecule has 2 rings (SSSR count). The zero-order chi connectivity index (χ0) is 12.4. The lowest BCUT2D eigenvalue weighted by atomic mass is 10.2. The van der Waals surface area contributed by atoms with Gasteiger partial charge >= 0.3 is 0 Å². The molecule has 88 valence electrons. The van der Waals surface area contributed by atoms with Gasteiger partial charge in [-0.15, -0.1) is 0 Å². The smallest absolute Gasteiger partial charge is 0.163 e. The summed E-state index contributed by atoms with van der Waals surface area (Å²) in [6.45, 7) is 1.93. The Morgan fingerprint density at radius 2 is 2.00 bits per heavy atom. The van der Waals surface area contributed by atoms with Crippen LogP contribution in [0.3, 0.4) is 0 Å². The van der Waals surface area contributed by atoms with Crippen molar-refractivity contribution in [3.8, 4) is 11.4 Å². The Balaban J connectivity index is 2.55. The zero-order valence-electron chi connectivity index (χ0n) is 9.46. The van der Waals surface area contributed by atoms with Gasteiger partial charge in [-0.05, 0) is 25.1 Å². The van der Waals surface area contributed by atoms with Crippen molar-refractivity contribution in [2.24, 2.45) is 0 Å². The van der Waals surface area contributed by atoms with Crippen LogP contribution in [0, 0.1) is 6.92 Å². The Kier molecular flexibility index (Phi) is 3.64. The molecule has 0 aliphatic rings. The average Bonchev–Trinajstić information content (AvgIpc) is 2.28. The minimum Gasteiger partial charge on any atom is -0.373 e. The Bertz CT molecular complexity index is 557. The molecule has 2 aromatic rings. The normalized spacial score (nSPS) is 10.4. The van der Waals surface area contributed by atoms with Gasteiger partial charge in [0.25, 0.3) is 0 Å². The van der Waals surface area contributed by atoms with E-state index in [0.29, 0.717) is 10.8 Å². The van der Waals surface area contributed by atoms with E-state index in [-0.39, 0.29) is 0 Å². The predicted molar refractivity (Wildman–Crippen MR) is 74.5 cm³/mol. The van der Waals surface area contributed by atoms with Crippen LogP contribution < -0.4 is 5.32 Å². The number of rotatable bonds is 2. The summed E-state index contributed by atoms with van der Waals surface area (Å²) < 4.78 is 0.938. The van der Waals surface area contributed by atoms with Crippen molar-refractivity contribution in [1.82, 2.24) is 9.97 Å². The van der Waals surface area contributed by atoms with Crippen molar-refractivity contribution in [2.45, 2.75) is 6.92 Å². The SMILES string of the molecule is CNc1cc(C)nc(-c2ccc(Br)cc2Cl)n1. The van der Waals surface area contributed by atoms with E-state index in [2.05, 4.69) is 31.2 Å². The van der Waals surface area contributed by atoms with Crippen LogP contribution >= 0.6 is 27.5 Å². The average molecular weight is 313 g/mol. The van der Waals surface area contributed by atoms with Gasteiger partial charge in [-0.1, -0.05) is 27.5 Å². The van der Waals surface area contributed by atoms with Crippen LogP contribution in [0.15, 0.2) is 28.7 Å². The van der Waals surface area contributed by atoms with Crippen molar-refractivity contribution in [3.63, 3.8) is 0 Å². The molecular formula is C12H11BrClN3. The molecule has 5 heteroatoms. The van der Waals surface area contributed by atoms with Crippen molar-refractivity contribution in [3.05, 3.63) is 39.5 Å². The number of nitrogens with one attached hydrogen (secondary N) is 1. The quantitative estimate of drug-likeness (QED) is 0.913. The minimum atomic E-state index is 0.631. The molecule has 1 N–H and O–H groups in total. The number of aryl methyl sites for hydroxylation is 1. The van der Waals surface area contributed by atoms with E-state index >= 15 is 0 Å². The first-order chi connectivity index (χ1) is 8.10. The van der Waals surface area contributed by atoms with Gasteiger partial charge in [0.05, 0.1) is 5.02 Å². The summed E-state index contributed by atoms with van der Waals surface area (Å²) in [6.07, 6.45) is 0. The second-order valence-electron chi connectivity index (χ2n) is 3.59. The molecule has 0 spiro atoms. The lowest BCUT2D eigenvalue weighted by molar-refractivity contribution is 1.11. The number of nitrogens with zero attached hydrogens (tertiary/aromatic N) is 2. The monoisotopic (exact) mass is 311 g/mol. The fourth-order valence-electron chi connectivity index (χ4n) is 1.49. The molecule has 1 aromatic carbocycles. The van der Waals surface area contributed by atoms with Crippen LogP contribution in [0.4, 0.5) is 5.82 Å². The molecule has 0 atom stereocenters. The van der Waals surface area contributed by atoms with Gasteiger partial charge in [0.2, 0.25) is 0 Å². The third kappa shape index (κ3) is 2.76. The molecule has 3 nitrogen and oxygen atoms in total. The van der Waals surface area contributed by atoms with Gasteiger partial charge in [0.1, 0.15) is 5.82 Å². The van der Waals surface area contributed by atoms with Crippen molar-refractivity contribution in [1.29, 1.82) is 0 Å². The molecular weight excluding hydrogens is 302 g/mol. The second kappa shape index (κ2) is 5.02. The molecule has 0 amide bonds. The fourth-order valence-corrected chi connectivity index (χ4v) is 2.25. The van der Waals surface area contributed by atoms with E-state index in [1.165, 1.54) is 0 Å². The molecule has 0 saturated carbocycles. The molecule has 0 unspecified atom stereocenters. The van der Waals surface area contributed by atoms with Gasteiger partial charge in [0, 0.05) is 28.8 Å². The Morgan fingerprint density at radius 3 is 2.65 bits per heavy atom. The number of halogens is 2. The number of benzene rings is 1. The lowest BCUT2D eigenvalue weighted by Gasteiger charge is -2.07. The molecule has 1 heterocycles. The van der Waals surface area contributed by atoms with Crippen molar-refractivity contribution >= 4 is 33.3 Å². The number of aromatic nitrogens is 2. The summed E-state index contributed by atoms with van der Waals surface area (Å²) in [5, 5.41) is 3.64. The van der Waals surface area contributed by atoms with E-state index in [1.807, 2.05) is 38.2 Å². The molecule has 0 aliphatic carbocycles. The highest BCUT2D eigenvalue weighted by atomic mass is 79.9. The first kappa shape index (κ1) is 12.3. The Labute approximate surface area is 113 Å². The Hall–Kier alpha value is -1.13. The molecule has 17 heavy (non-hydrogen) atoms. The summed E-state index contributed by atoms with van der Waals surface area (Å²) in [6, 6.07) is 7.55. The van der Waals surface area contributed by atoms with Gasteiger partial charge in [-0.3, -0.25) is 0 Å². The maximum atomic E-state index is 6.18. The highest BCUT2D eigenvalue weighted by Crippen LogP contribution is 2.28. The van der Waals surface area contributed by atoms with Crippen molar-refractivity contribution < 1.29 is 0 Å². The van der Waals surface area contributed by atoms with Gasteiger partial charge in [0.15, 0.2) is 5.82 Å². The molecule has 0 bridgehead atoms. The largest absolute Gasteiger partial charge is 0.373 e. The van der Waals surface area contributed by atoms with E-state index in [1.54, 1.807) is 0 Å². The summed E-state index contributed by atoms with van der Waals surface area (Å²) >= 11 is 9.56. The maximum absolute atomic E-state index is 6.18. The van der Waals surface area contributed by atoms with Crippen LogP contribution in [-0.2, 0) is 0 Å². The zero-order valence-corrected chi connectivity index (χ0v) is 11.8. The number of anilines is 1. The summed E-state index contributed by atoms with van der Waals surface area (Å²) in [7, 11) is 1.83. The van der Waals surface area contributed by atoms with Crippen LogP contribution in [0.1, 0.15) is 5.69 Å². The van der Waals surface area contributed by atoms with Crippen molar-refractivity contribution in [2.75, 3.05) is 12.4 Å². The third-order valence-corrected chi connectivity index (χ3v) is 3.09. The van der Waals surface area contributed by atoms with Gasteiger partial charge in [-0.2, -0.15) is 0 Å². The maximum Gasteiger partial charge on any atom is 0.163 e. The highest BCUT2D eigenvalue weighted by Gasteiger charge is 2.08. The molecule has 0 fully saturated rings.